The van der Waals surface area contributed by atoms with Crippen LogP contribution in [0.2, 0.25) is 10.0 Å². The Balaban J connectivity index is 3.21. The van der Waals surface area contributed by atoms with Gasteiger partial charge >= 0.3 is 5.97 Å². The summed E-state index contributed by atoms with van der Waals surface area (Å²) in [6.07, 6.45) is 0. The number of ether oxygens (including phenoxy) is 1. The number of nitrogens with one attached hydrogen (secondary N) is 1. The number of anilines is 1. The number of rotatable bonds is 2. The van der Waals surface area contributed by atoms with Crippen molar-refractivity contribution in [2.75, 3.05) is 12.4 Å². The van der Waals surface area contributed by atoms with Crippen molar-refractivity contribution >= 4 is 52.1 Å². The second-order valence-electron chi connectivity index (χ2n) is 2.98. The van der Waals surface area contributed by atoms with Crippen LogP contribution in [-0.2, 0) is 4.74 Å². The molecule has 0 unspecified atom stereocenters. The lowest BCUT2D eigenvalue weighted by molar-refractivity contribution is 0.0601. The molecule has 0 bridgehead atoms. The molecule has 1 aromatic rings. The molecular weight excluding hydrogens is 269 g/mol. The van der Waals surface area contributed by atoms with Crippen molar-refractivity contribution in [3.63, 3.8) is 0 Å². The Bertz CT molecular complexity index is 449. The summed E-state index contributed by atoms with van der Waals surface area (Å²) >= 11 is 16.7. The standard InChI is InChI=1S/C10H9Cl2NO2S/c1-5(16)13-9-3-6(10(14)15-2)7(11)4-8(9)12/h3-4H,1-2H3,(H,13,16). The molecule has 16 heavy (non-hydrogen) atoms. The van der Waals surface area contributed by atoms with E-state index in [0.717, 1.165) is 0 Å². The molecule has 0 fully saturated rings. The van der Waals surface area contributed by atoms with Crippen LogP contribution in [0.4, 0.5) is 5.69 Å². The van der Waals surface area contributed by atoms with Crippen LogP contribution in [0.25, 0.3) is 0 Å². The Morgan fingerprint density at radius 3 is 2.50 bits per heavy atom. The van der Waals surface area contributed by atoms with Crippen LogP contribution >= 0.6 is 35.4 Å². The average molecular weight is 278 g/mol. The summed E-state index contributed by atoms with van der Waals surface area (Å²) in [5, 5.41) is 3.48. The number of hydrogen-bond donors (Lipinski definition) is 1. The van der Waals surface area contributed by atoms with Gasteiger partial charge in [0.2, 0.25) is 0 Å². The molecule has 0 radical (unpaired) electrons. The largest absolute Gasteiger partial charge is 0.465 e. The highest BCUT2D eigenvalue weighted by atomic mass is 35.5. The molecule has 0 aromatic heterocycles. The van der Waals surface area contributed by atoms with Crippen LogP contribution in [-0.4, -0.2) is 18.1 Å². The number of thiocarbonyl (C=S) groups is 1. The van der Waals surface area contributed by atoms with E-state index in [-0.39, 0.29) is 10.6 Å². The first-order valence-corrected chi connectivity index (χ1v) is 5.47. The summed E-state index contributed by atoms with van der Waals surface area (Å²) in [7, 11) is 1.28. The minimum atomic E-state index is -0.522. The van der Waals surface area contributed by atoms with Gasteiger partial charge in [0.1, 0.15) is 0 Å². The minimum Gasteiger partial charge on any atom is -0.465 e. The summed E-state index contributed by atoms with van der Waals surface area (Å²) in [4.78, 5) is 11.9. The third kappa shape index (κ3) is 3.07. The lowest BCUT2D eigenvalue weighted by Crippen LogP contribution is -2.07. The summed E-state index contributed by atoms with van der Waals surface area (Å²) in [5.41, 5.74) is 0.770. The van der Waals surface area contributed by atoms with Gasteiger partial charge in [0.05, 0.1) is 33.4 Å². The van der Waals surface area contributed by atoms with Crippen molar-refractivity contribution in [2.45, 2.75) is 6.92 Å². The smallest absolute Gasteiger partial charge is 0.339 e. The Labute approximate surface area is 109 Å². The van der Waals surface area contributed by atoms with Gasteiger partial charge in [-0.25, -0.2) is 4.79 Å². The highest BCUT2D eigenvalue weighted by Gasteiger charge is 2.14. The number of methoxy groups -OCH3 is 1. The van der Waals surface area contributed by atoms with Gasteiger partial charge in [-0.15, -0.1) is 0 Å². The number of benzene rings is 1. The zero-order valence-electron chi connectivity index (χ0n) is 8.64. The van der Waals surface area contributed by atoms with Crippen LogP contribution in [0, 0.1) is 0 Å². The summed E-state index contributed by atoms with van der Waals surface area (Å²) in [6.45, 7) is 1.71. The van der Waals surface area contributed by atoms with Gasteiger partial charge in [-0.05, 0) is 19.1 Å². The van der Waals surface area contributed by atoms with E-state index in [1.54, 1.807) is 6.92 Å². The van der Waals surface area contributed by atoms with E-state index in [1.165, 1.54) is 19.2 Å². The zero-order valence-corrected chi connectivity index (χ0v) is 11.0. The summed E-state index contributed by atoms with van der Waals surface area (Å²) < 4.78 is 4.59. The number of carbonyl (C=O) groups is 1. The predicted octanol–water partition coefficient (Wildman–Crippen LogP) is 3.54. The van der Waals surface area contributed by atoms with Crippen molar-refractivity contribution in [3.8, 4) is 0 Å². The van der Waals surface area contributed by atoms with Crippen LogP contribution in [0.3, 0.4) is 0 Å². The van der Waals surface area contributed by atoms with E-state index in [0.29, 0.717) is 15.7 Å². The molecule has 1 N–H and O–H groups in total. The van der Waals surface area contributed by atoms with E-state index in [1.807, 2.05) is 0 Å². The van der Waals surface area contributed by atoms with E-state index < -0.39 is 5.97 Å². The minimum absolute atomic E-state index is 0.240. The van der Waals surface area contributed by atoms with Gasteiger partial charge < -0.3 is 10.1 Å². The quantitative estimate of drug-likeness (QED) is 0.663. The van der Waals surface area contributed by atoms with Crippen molar-refractivity contribution in [1.29, 1.82) is 0 Å². The predicted molar refractivity (Wildman–Crippen MR) is 69.7 cm³/mol. The molecule has 3 nitrogen and oxygen atoms in total. The molecule has 0 amide bonds. The third-order valence-electron chi connectivity index (χ3n) is 1.77. The lowest BCUT2D eigenvalue weighted by Gasteiger charge is -2.09. The number of carbonyl (C=O) groups excluding carboxylic acids is 1. The fourth-order valence-electron chi connectivity index (χ4n) is 1.10. The highest BCUT2D eigenvalue weighted by molar-refractivity contribution is 7.80. The maximum atomic E-state index is 11.4. The Kier molecular flexibility index (Phi) is 4.53. The monoisotopic (exact) mass is 277 g/mol. The molecule has 1 aromatic carbocycles. The van der Waals surface area contributed by atoms with Crippen LogP contribution in [0.5, 0.6) is 0 Å². The van der Waals surface area contributed by atoms with Crippen LogP contribution in [0.15, 0.2) is 12.1 Å². The highest BCUT2D eigenvalue weighted by Crippen LogP contribution is 2.29. The normalized spacial score (nSPS) is 9.75. The second kappa shape index (κ2) is 5.48. The van der Waals surface area contributed by atoms with Crippen molar-refractivity contribution in [2.24, 2.45) is 0 Å². The first-order valence-electron chi connectivity index (χ1n) is 4.30. The number of hydrogen-bond acceptors (Lipinski definition) is 3. The third-order valence-corrected chi connectivity index (χ3v) is 2.50. The van der Waals surface area contributed by atoms with E-state index in [2.05, 4.69) is 10.1 Å². The molecule has 0 saturated heterocycles. The molecule has 0 atom stereocenters. The molecular formula is C10H9Cl2NO2S. The summed E-state index contributed by atoms with van der Waals surface area (Å²) in [5.74, 6) is -0.522. The van der Waals surface area contributed by atoms with E-state index in [4.69, 9.17) is 35.4 Å². The Morgan fingerprint density at radius 1 is 1.38 bits per heavy atom. The molecule has 0 aliphatic heterocycles. The fraction of sp³-hybridized carbons (Fsp3) is 0.200. The molecule has 1 rings (SSSR count). The van der Waals surface area contributed by atoms with Gasteiger partial charge in [0.25, 0.3) is 0 Å². The van der Waals surface area contributed by atoms with Crippen molar-refractivity contribution < 1.29 is 9.53 Å². The van der Waals surface area contributed by atoms with E-state index >= 15 is 0 Å². The number of esters is 1. The molecule has 0 saturated carbocycles. The molecule has 6 heteroatoms. The SMILES string of the molecule is COC(=O)c1cc(NC(C)=S)c(Cl)cc1Cl. The zero-order chi connectivity index (χ0) is 12.3. The van der Waals surface area contributed by atoms with Gasteiger partial charge in [-0.2, -0.15) is 0 Å². The molecule has 0 aliphatic rings. The second-order valence-corrected chi connectivity index (χ2v) is 4.41. The van der Waals surface area contributed by atoms with Crippen LogP contribution < -0.4 is 5.32 Å². The number of halogens is 2. The van der Waals surface area contributed by atoms with Crippen LogP contribution in [0.1, 0.15) is 17.3 Å². The maximum absolute atomic E-state index is 11.4. The van der Waals surface area contributed by atoms with E-state index in [9.17, 15) is 4.79 Å². The summed E-state index contributed by atoms with van der Waals surface area (Å²) in [6, 6.07) is 2.97. The average Bonchev–Trinajstić information content (AvgIpc) is 2.20. The molecule has 0 heterocycles. The van der Waals surface area contributed by atoms with Gasteiger partial charge in [-0.1, -0.05) is 35.4 Å². The first kappa shape index (κ1) is 13.2. The molecule has 86 valence electrons. The maximum Gasteiger partial charge on any atom is 0.339 e. The van der Waals surface area contributed by atoms with Crippen molar-refractivity contribution in [3.05, 3.63) is 27.7 Å². The topological polar surface area (TPSA) is 38.3 Å². The Hall–Kier alpha value is -0.840. The van der Waals surface area contributed by atoms with Gasteiger partial charge in [-0.3, -0.25) is 0 Å². The van der Waals surface area contributed by atoms with Crippen molar-refractivity contribution in [1.82, 2.24) is 0 Å². The lowest BCUT2D eigenvalue weighted by atomic mass is 10.2. The fourth-order valence-corrected chi connectivity index (χ4v) is 1.72. The first-order chi connectivity index (χ1) is 7.45. The molecule has 0 aliphatic carbocycles. The van der Waals surface area contributed by atoms with Gasteiger partial charge in [0.15, 0.2) is 0 Å². The van der Waals surface area contributed by atoms with Gasteiger partial charge in [0, 0.05) is 0 Å². The Morgan fingerprint density at radius 2 is 2.00 bits per heavy atom. The molecule has 0 spiro atoms.